The highest BCUT2D eigenvalue weighted by Gasteiger charge is 2.32. The van der Waals surface area contributed by atoms with Crippen molar-refractivity contribution in [3.8, 4) is 17.2 Å². The normalized spacial score (nSPS) is 14.2. The summed E-state index contributed by atoms with van der Waals surface area (Å²) in [4.78, 5) is 79.7. The first kappa shape index (κ1) is 45.6. The van der Waals surface area contributed by atoms with Gasteiger partial charge in [-0.05, 0) is 84.4 Å². The number of benzene rings is 3. The first-order valence-electron chi connectivity index (χ1n) is 18.3. The van der Waals surface area contributed by atoms with Gasteiger partial charge in [0, 0.05) is 19.3 Å². The highest BCUT2D eigenvalue weighted by Crippen LogP contribution is 2.15. The molecular formula is C40H52N6O10S. The lowest BCUT2D eigenvalue weighted by Crippen LogP contribution is -2.59. The minimum atomic E-state index is -1.36. The van der Waals surface area contributed by atoms with Crippen LogP contribution in [0.2, 0.25) is 0 Å². The number of aliphatic carboxylic acids is 1. The Morgan fingerprint density at radius 2 is 0.895 bits per heavy atom. The zero-order valence-corrected chi connectivity index (χ0v) is 33.0. The van der Waals surface area contributed by atoms with E-state index in [1.807, 2.05) is 0 Å². The molecule has 0 fully saturated rings. The van der Waals surface area contributed by atoms with Crippen molar-refractivity contribution in [1.82, 2.24) is 26.6 Å². The molecule has 0 saturated carbocycles. The summed E-state index contributed by atoms with van der Waals surface area (Å²) < 4.78 is 0. The molecule has 0 spiro atoms. The summed E-state index contributed by atoms with van der Waals surface area (Å²) in [6.45, 7) is 4.89. The predicted octanol–water partition coefficient (Wildman–Crippen LogP) is 1.10. The van der Waals surface area contributed by atoms with Crippen molar-refractivity contribution in [2.24, 2.45) is 11.7 Å². The molecule has 0 aliphatic heterocycles. The van der Waals surface area contributed by atoms with Crippen LogP contribution in [0.5, 0.6) is 17.2 Å². The number of amides is 5. The van der Waals surface area contributed by atoms with Gasteiger partial charge in [-0.25, -0.2) is 4.79 Å². The van der Waals surface area contributed by atoms with E-state index < -0.39 is 71.8 Å². The monoisotopic (exact) mass is 808 g/mol. The summed E-state index contributed by atoms with van der Waals surface area (Å²) >= 11 is 1.40. The van der Waals surface area contributed by atoms with E-state index in [0.717, 1.165) is 0 Å². The Bertz CT molecular complexity index is 1830. The summed E-state index contributed by atoms with van der Waals surface area (Å²) in [5.74, 6) is -4.79. The van der Waals surface area contributed by atoms with E-state index in [0.29, 0.717) is 22.4 Å². The molecule has 16 nitrogen and oxygen atoms in total. The molecule has 0 bridgehead atoms. The molecule has 308 valence electrons. The molecule has 5 amide bonds. The van der Waals surface area contributed by atoms with Crippen LogP contribution in [0.15, 0.2) is 72.8 Å². The van der Waals surface area contributed by atoms with Gasteiger partial charge in [0.2, 0.25) is 29.5 Å². The fraction of sp³-hybridized carbons (Fsp3) is 0.400. The summed E-state index contributed by atoms with van der Waals surface area (Å²) in [7, 11) is 0. The Morgan fingerprint density at radius 3 is 1.30 bits per heavy atom. The summed E-state index contributed by atoms with van der Waals surface area (Å²) in [6, 6.07) is 10.5. The van der Waals surface area contributed by atoms with Crippen LogP contribution >= 0.6 is 11.8 Å². The smallest absolute Gasteiger partial charge is 0.326 e. The fourth-order valence-electron chi connectivity index (χ4n) is 5.52. The van der Waals surface area contributed by atoms with E-state index in [4.69, 9.17) is 5.73 Å². The fourth-order valence-corrected chi connectivity index (χ4v) is 5.99. The molecule has 0 heterocycles. The molecule has 57 heavy (non-hydrogen) atoms. The third kappa shape index (κ3) is 15.0. The minimum absolute atomic E-state index is 0.0000636. The van der Waals surface area contributed by atoms with Gasteiger partial charge in [-0.15, -0.1) is 0 Å². The molecule has 3 rings (SSSR count). The Morgan fingerprint density at radius 1 is 0.544 bits per heavy atom. The summed E-state index contributed by atoms with van der Waals surface area (Å²) in [6.07, 6.45) is 1.72. The molecule has 0 radical (unpaired) electrons. The number of rotatable bonds is 21. The van der Waals surface area contributed by atoms with Gasteiger partial charge in [-0.3, -0.25) is 24.0 Å². The number of thioether (sulfide) groups is 1. The van der Waals surface area contributed by atoms with E-state index in [1.54, 1.807) is 44.4 Å². The largest absolute Gasteiger partial charge is 0.508 e. The van der Waals surface area contributed by atoms with Crippen LogP contribution in [0.4, 0.5) is 0 Å². The maximum atomic E-state index is 13.9. The van der Waals surface area contributed by atoms with Gasteiger partial charge in [0.1, 0.15) is 47.5 Å². The number of carboxylic acid groups (broad SMARTS) is 1. The minimum Gasteiger partial charge on any atom is -0.508 e. The highest BCUT2D eigenvalue weighted by molar-refractivity contribution is 7.98. The van der Waals surface area contributed by atoms with Crippen LogP contribution in [0.1, 0.15) is 43.9 Å². The molecule has 11 N–H and O–H groups in total. The van der Waals surface area contributed by atoms with Gasteiger partial charge < -0.3 is 52.7 Å². The van der Waals surface area contributed by atoms with Crippen LogP contribution in [0, 0.1) is 5.92 Å². The van der Waals surface area contributed by atoms with Crippen molar-refractivity contribution < 1.29 is 49.2 Å². The number of carbonyl (C=O) groups is 6. The van der Waals surface area contributed by atoms with Gasteiger partial charge in [-0.2, -0.15) is 11.8 Å². The van der Waals surface area contributed by atoms with Crippen LogP contribution in [0.3, 0.4) is 0 Å². The van der Waals surface area contributed by atoms with Crippen molar-refractivity contribution in [2.45, 2.75) is 82.7 Å². The van der Waals surface area contributed by atoms with Gasteiger partial charge in [-0.1, -0.05) is 50.2 Å². The third-order valence-electron chi connectivity index (χ3n) is 9.03. The third-order valence-corrected chi connectivity index (χ3v) is 9.67. The average molecular weight is 809 g/mol. The van der Waals surface area contributed by atoms with E-state index in [9.17, 15) is 49.2 Å². The number of phenols is 3. The molecule has 6 atom stereocenters. The zero-order chi connectivity index (χ0) is 42.2. The number of nitrogens with one attached hydrogen (secondary N) is 5. The van der Waals surface area contributed by atoms with E-state index >= 15 is 0 Å². The Labute approximate surface area is 335 Å². The van der Waals surface area contributed by atoms with Gasteiger partial charge in [0.05, 0.1) is 6.04 Å². The first-order valence-corrected chi connectivity index (χ1v) is 19.7. The molecule has 0 aliphatic carbocycles. The number of aromatic hydroxyl groups is 3. The molecule has 0 saturated heterocycles. The van der Waals surface area contributed by atoms with Crippen LogP contribution in [-0.4, -0.2) is 104 Å². The quantitative estimate of drug-likeness (QED) is 0.0725. The Balaban J connectivity index is 1.81. The van der Waals surface area contributed by atoms with Gasteiger partial charge >= 0.3 is 5.97 Å². The second kappa shape index (κ2) is 22.1. The average Bonchev–Trinajstić information content (AvgIpc) is 3.17. The van der Waals surface area contributed by atoms with Crippen molar-refractivity contribution in [3.05, 3.63) is 89.5 Å². The van der Waals surface area contributed by atoms with Crippen molar-refractivity contribution in [3.63, 3.8) is 0 Å². The molecule has 17 heteroatoms. The first-order chi connectivity index (χ1) is 27.0. The van der Waals surface area contributed by atoms with E-state index in [2.05, 4.69) is 26.6 Å². The molecule has 0 aromatic heterocycles. The molecule has 3 aromatic carbocycles. The van der Waals surface area contributed by atoms with Crippen LogP contribution in [-0.2, 0) is 48.0 Å². The van der Waals surface area contributed by atoms with Crippen molar-refractivity contribution in [1.29, 1.82) is 0 Å². The molecule has 0 aliphatic rings. The standard InChI is InChI=1S/C40H52N6O10S/c1-22(2)34(41)39(54)45-31(19-24-5-11-27(47)12-6-24)37(52)42-23(3)35(50)44-32(20-25-7-13-28(48)14-8-25)38(53)43-30(17-18-57-4)36(51)46-33(40(55)56)21-26-9-15-29(49)16-10-26/h5-16,22-23,30-34,47-49H,17-21,41H2,1-4H3,(H,42,52)(H,43,53)(H,44,50)(H,45,54)(H,46,51)(H,55,56)/t23-,30-,31-,32-,33-,34-/m0/s1. The maximum absolute atomic E-state index is 13.9. The number of carbonyl (C=O) groups excluding carboxylic acids is 5. The number of hydrogen-bond donors (Lipinski definition) is 10. The maximum Gasteiger partial charge on any atom is 0.326 e. The molecule has 3 aromatic rings. The van der Waals surface area contributed by atoms with E-state index in [1.165, 1.54) is 67.2 Å². The van der Waals surface area contributed by atoms with Gasteiger partial charge in [0.25, 0.3) is 0 Å². The predicted molar refractivity (Wildman–Crippen MR) is 214 cm³/mol. The highest BCUT2D eigenvalue weighted by atomic mass is 32.2. The van der Waals surface area contributed by atoms with Crippen molar-refractivity contribution >= 4 is 47.3 Å². The van der Waals surface area contributed by atoms with Crippen molar-refractivity contribution in [2.75, 3.05) is 12.0 Å². The lowest BCUT2D eigenvalue weighted by Gasteiger charge is -2.26. The second-order valence-corrected chi connectivity index (χ2v) is 15.0. The number of hydrogen-bond acceptors (Lipinski definition) is 11. The second-order valence-electron chi connectivity index (χ2n) is 14.0. The number of phenolic OH excluding ortho intramolecular Hbond substituents is 3. The number of carboxylic acids is 1. The molecular weight excluding hydrogens is 757 g/mol. The topological polar surface area (TPSA) is 270 Å². The molecule has 0 unspecified atom stereocenters. The lowest BCUT2D eigenvalue weighted by molar-refractivity contribution is -0.142. The van der Waals surface area contributed by atoms with Gasteiger partial charge in [0.15, 0.2) is 0 Å². The lowest BCUT2D eigenvalue weighted by atomic mass is 10.0. The summed E-state index contributed by atoms with van der Waals surface area (Å²) in [5, 5.41) is 52.0. The Kier molecular flexibility index (Phi) is 17.6. The number of nitrogens with two attached hydrogens (primary N) is 1. The SMILES string of the molecule is CSCC[C@H](NC(=O)[C@H](Cc1ccc(O)cc1)NC(=O)[C@H](C)NC(=O)[C@H](Cc1ccc(O)cc1)NC(=O)[C@@H](N)C(C)C)C(=O)N[C@@H](Cc1ccc(O)cc1)C(=O)O. The van der Waals surface area contributed by atoms with Crippen LogP contribution < -0.4 is 32.3 Å². The Hall–Kier alpha value is -5.81. The summed E-state index contributed by atoms with van der Waals surface area (Å²) in [5.41, 5.74) is 7.70. The van der Waals surface area contributed by atoms with E-state index in [-0.39, 0.29) is 48.8 Å². The zero-order valence-electron chi connectivity index (χ0n) is 32.2. The van der Waals surface area contributed by atoms with Crippen LogP contribution in [0.25, 0.3) is 0 Å².